The molecule has 8 nitrogen and oxygen atoms in total. The van der Waals surface area contributed by atoms with Crippen LogP contribution in [0.15, 0.2) is 54.4 Å². The van der Waals surface area contributed by atoms with Gasteiger partial charge in [-0.1, -0.05) is 30.8 Å². The summed E-state index contributed by atoms with van der Waals surface area (Å²) in [5.74, 6) is 0.321. The topological polar surface area (TPSA) is 85.6 Å². The van der Waals surface area contributed by atoms with Crippen molar-refractivity contribution in [2.45, 2.75) is 31.3 Å². The Hall–Kier alpha value is -4.07. The van der Waals surface area contributed by atoms with Crippen LogP contribution in [0.2, 0.25) is 0 Å². The minimum absolute atomic E-state index is 0.175. The smallest absolute Gasteiger partial charge is 0.319 e. The predicted octanol–water partition coefficient (Wildman–Crippen LogP) is 5.24. The first kappa shape index (κ1) is 27.1. The molecule has 0 bridgehead atoms. The molecule has 4 aromatic rings. The molecule has 2 fully saturated rings. The summed E-state index contributed by atoms with van der Waals surface area (Å²) in [6, 6.07) is 14.2. The molecule has 0 saturated carbocycles. The zero-order valence-corrected chi connectivity index (χ0v) is 23.7. The van der Waals surface area contributed by atoms with Crippen molar-refractivity contribution in [3.8, 4) is 23.2 Å². The SMILES string of the molecule is C=CC(=O)N1CCN(c2nc(OC[C@@H]3CCCN3C)nc3cc(-c4cccc5c(F)csc45)ccc23)C[C@@H]1CC#N. The summed E-state index contributed by atoms with van der Waals surface area (Å²) < 4.78 is 21.4. The summed E-state index contributed by atoms with van der Waals surface area (Å²) in [5.41, 5.74) is 2.59. The number of fused-ring (bicyclic) bond motifs is 2. The van der Waals surface area contributed by atoms with Gasteiger partial charge in [-0.05, 0) is 55.8 Å². The Labute approximate surface area is 242 Å². The maximum Gasteiger partial charge on any atom is 0.319 e. The van der Waals surface area contributed by atoms with Gasteiger partial charge in [0.05, 0.1) is 24.0 Å². The number of thiophene rings is 1. The Morgan fingerprint density at radius 3 is 2.88 bits per heavy atom. The van der Waals surface area contributed by atoms with Gasteiger partial charge in [0.2, 0.25) is 5.91 Å². The number of likely N-dealkylation sites (N-methyl/N-ethyl adjacent to an activating group) is 1. The third-order valence-corrected chi connectivity index (χ3v) is 9.16. The van der Waals surface area contributed by atoms with Gasteiger partial charge in [0.15, 0.2) is 0 Å². The van der Waals surface area contributed by atoms with Crippen LogP contribution >= 0.6 is 11.3 Å². The molecule has 4 heterocycles. The van der Waals surface area contributed by atoms with E-state index in [0.717, 1.165) is 46.1 Å². The number of benzene rings is 2. The number of nitrogens with zero attached hydrogens (tertiary/aromatic N) is 6. The van der Waals surface area contributed by atoms with Crippen LogP contribution in [-0.4, -0.2) is 77.6 Å². The lowest BCUT2D eigenvalue weighted by molar-refractivity contribution is -0.128. The maximum atomic E-state index is 14.3. The molecule has 0 unspecified atom stereocenters. The van der Waals surface area contributed by atoms with E-state index in [2.05, 4.69) is 29.5 Å². The van der Waals surface area contributed by atoms with E-state index < -0.39 is 0 Å². The third-order valence-electron chi connectivity index (χ3n) is 8.16. The first-order chi connectivity index (χ1) is 20.0. The van der Waals surface area contributed by atoms with E-state index >= 15 is 0 Å². The number of carbonyl (C=O) groups excluding carboxylic acids is 1. The lowest BCUT2D eigenvalue weighted by Gasteiger charge is -2.41. The van der Waals surface area contributed by atoms with Gasteiger partial charge in [0, 0.05) is 46.5 Å². The van der Waals surface area contributed by atoms with Gasteiger partial charge >= 0.3 is 6.01 Å². The number of likely N-dealkylation sites (tertiary alicyclic amines) is 1. The second-order valence-electron chi connectivity index (χ2n) is 10.6. The van der Waals surface area contributed by atoms with Gasteiger partial charge in [-0.3, -0.25) is 4.79 Å². The third kappa shape index (κ3) is 5.23. The summed E-state index contributed by atoms with van der Waals surface area (Å²) >= 11 is 1.39. The molecule has 210 valence electrons. The normalized spacial score (nSPS) is 19.5. The number of ether oxygens (including phenoxy) is 1. The summed E-state index contributed by atoms with van der Waals surface area (Å²) in [7, 11) is 2.10. The molecule has 0 radical (unpaired) electrons. The van der Waals surface area contributed by atoms with Crippen molar-refractivity contribution >= 4 is 44.1 Å². The fourth-order valence-corrected chi connectivity index (χ4v) is 6.87. The summed E-state index contributed by atoms with van der Waals surface area (Å²) in [6.07, 6.45) is 3.72. The number of aromatic nitrogens is 2. The minimum Gasteiger partial charge on any atom is -0.462 e. The molecule has 6 rings (SSSR count). The van der Waals surface area contributed by atoms with Gasteiger partial charge in [-0.25, -0.2) is 4.39 Å². The van der Waals surface area contributed by atoms with E-state index in [0.29, 0.717) is 49.5 Å². The zero-order chi connectivity index (χ0) is 28.5. The maximum absolute atomic E-state index is 14.3. The minimum atomic E-state index is -0.286. The highest BCUT2D eigenvalue weighted by Gasteiger charge is 2.31. The largest absolute Gasteiger partial charge is 0.462 e. The number of piperazine rings is 1. The highest BCUT2D eigenvalue weighted by molar-refractivity contribution is 7.17. The van der Waals surface area contributed by atoms with Crippen LogP contribution in [0.5, 0.6) is 6.01 Å². The van der Waals surface area contributed by atoms with Crippen LogP contribution in [0.4, 0.5) is 10.2 Å². The van der Waals surface area contributed by atoms with Gasteiger partial charge in [0.1, 0.15) is 18.2 Å². The Morgan fingerprint density at radius 2 is 2.10 bits per heavy atom. The van der Waals surface area contributed by atoms with E-state index in [1.54, 1.807) is 11.0 Å². The molecular formula is C31H31FN6O2S. The van der Waals surface area contributed by atoms with Crippen molar-refractivity contribution in [2.24, 2.45) is 0 Å². The van der Waals surface area contributed by atoms with E-state index in [9.17, 15) is 14.4 Å². The zero-order valence-electron chi connectivity index (χ0n) is 22.9. The Morgan fingerprint density at radius 1 is 1.22 bits per heavy atom. The molecule has 2 aromatic heterocycles. The molecule has 2 saturated heterocycles. The van der Waals surface area contributed by atoms with Crippen molar-refractivity contribution in [3.05, 3.63) is 60.3 Å². The number of hydrogen-bond donors (Lipinski definition) is 0. The van der Waals surface area contributed by atoms with Crippen LogP contribution in [-0.2, 0) is 4.79 Å². The second-order valence-corrected chi connectivity index (χ2v) is 11.5. The monoisotopic (exact) mass is 570 g/mol. The number of halogens is 1. The average molecular weight is 571 g/mol. The summed E-state index contributed by atoms with van der Waals surface area (Å²) in [5, 5.41) is 12.5. The molecule has 2 aromatic carbocycles. The first-order valence-corrected chi connectivity index (χ1v) is 14.7. The van der Waals surface area contributed by atoms with Crippen molar-refractivity contribution < 1.29 is 13.9 Å². The highest BCUT2D eigenvalue weighted by Crippen LogP contribution is 2.37. The second kappa shape index (κ2) is 11.4. The highest BCUT2D eigenvalue weighted by atomic mass is 32.1. The molecule has 10 heteroatoms. The van der Waals surface area contributed by atoms with E-state index in [1.165, 1.54) is 22.8 Å². The van der Waals surface area contributed by atoms with Crippen LogP contribution in [0.1, 0.15) is 19.3 Å². The number of amides is 1. The number of hydrogen-bond acceptors (Lipinski definition) is 8. The quantitative estimate of drug-likeness (QED) is 0.281. The van der Waals surface area contributed by atoms with Gasteiger partial charge in [-0.15, -0.1) is 11.3 Å². The van der Waals surface area contributed by atoms with Crippen LogP contribution < -0.4 is 9.64 Å². The predicted molar refractivity (Wildman–Crippen MR) is 160 cm³/mol. The van der Waals surface area contributed by atoms with Gasteiger partial charge < -0.3 is 19.4 Å². The molecule has 2 aliphatic heterocycles. The molecule has 2 atom stereocenters. The fourth-order valence-electron chi connectivity index (χ4n) is 5.91. The number of nitriles is 1. The number of anilines is 1. The number of carbonyl (C=O) groups is 1. The van der Waals surface area contributed by atoms with Gasteiger partial charge in [-0.2, -0.15) is 15.2 Å². The standard InChI is InChI=1S/C31H31FN6O2S/c1-3-28(39)38-15-14-37(17-21(38)11-12-33)30-25-10-9-20(23-7-4-8-24-26(32)19-41-29(23)24)16-27(25)34-31(35-30)40-18-22-6-5-13-36(22)2/h3-4,7-10,16,19,21-22H,1,5-6,11,13-15,17-18H2,2H3/t21-,22-/m0/s1. The van der Waals surface area contributed by atoms with Crippen molar-refractivity contribution in [1.82, 2.24) is 19.8 Å². The fraction of sp³-hybridized carbons (Fsp3) is 0.355. The molecule has 2 aliphatic rings. The van der Waals surface area contributed by atoms with E-state index in [-0.39, 0.29) is 24.2 Å². The van der Waals surface area contributed by atoms with Crippen LogP contribution in [0, 0.1) is 17.1 Å². The Balaban J connectivity index is 1.40. The molecule has 0 spiro atoms. The van der Waals surface area contributed by atoms with Crippen LogP contribution in [0.25, 0.3) is 32.1 Å². The molecular weight excluding hydrogens is 539 g/mol. The first-order valence-electron chi connectivity index (χ1n) is 13.8. The molecule has 0 aliphatic carbocycles. The summed E-state index contributed by atoms with van der Waals surface area (Å²) in [4.78, 5) is 28.3. The van der Waals surface area contributed by atoms with Crippen molar-refractivity contribution in [3.63, 3.8) is 0 Å². The summed E-state index contributed by atoms with van der Waals surface area (Å²) in [6.45, 7) is 6.62. The average Bonchev–Trinajstić information content (AvgIpc) is 3.59. The van der Waals surface area contributed by atoms with Crippen molar-refractivity contribution in [2.75, 3.05) is 44.7 Å². The van der Waals surface area contributed by atoms with E-state index in [1.807, 2.05) is 30.3 Å². The number of rotatable bonds is 7. The Bertz CT molecular complexity index is 1670. The molecule has 41 heavy (non-hydrogen) atoms. The van der Waals surface area contributed by atoms with E-state index in [4.69, 9.17) is 14.7 Å². The lowest BCUT2D eigenvalue weighted by Crippen LogP contribution is -2.55. The molecule has 1 amide bonds. The van der Waals surface area contributed by atoms with Gasteiger partial charge in [0.25, 0.3) is 0 Å². The molecule has 0 N–H and O–H groups in total. The Kier molecular flexibility index (Phi) is 7.56. The lowest BCUT2D eigenvalue weighted by atomic mass is 10.0. The van der Waals surface area contributed by atoms with Crippen LogP contribution in [0.3, 0.4) is 0 Å². The van der Waals surface area contributed by atoms with Crippen molar-refractivity contribution in [1.29, 1.82) is 5.26 Å².